The first kappa shape index (κ1) is 12.3. The molecule has 0 amide bonds. The van der Waals surface area contributed by atoms with E-state index < -0.39 is 0 Å². The van der Waals surface area contributed by atoms with Crippen molar-refractivity contribution in [3.8, 4) is 0 Å². The van der Waals surface area contributed by atoms with Crippen LogP contribution in [-0.4, -0.2) is 12.3 Å². The first-order valence-electron chi connectivity index (χ1n) is 6.41. The van der Waals surface area contributed by atoms with Crippen LogP contribution in [0.2, 0.25) is 0 Å². The summed E-state index contributed by atoms with van der Waals surface area (Å²) in [6.07, 6.45) is 1.83. The lowest BCUT2D eigenvalue weighted by Crippen LogP contribution is -2.36. The molecule has 2 rings (SSSR count). The highest BCUT2D eigenvalue weighted by atomic mass is 16.1. The SMILES string of the molecule is CCC(C)(CN)C(=O)C1CC1c1ccccc1. The Balaban J connectivity index is 2.06. The lowest BCUT2D eigenvalue weighted by molar-refractivity contribution is -0.129. The molecule has 1 aliphatic carbocycles. The summed E-state index contributed by atoms with van der Waals surface area (Å²) in [6.45, 7) is 4.50. The van der Waals surface area contributed by atoms with Gasteiger partial charge in [0.05, 0.1) is 0 Å². The van der Waals surface area contributed by atoms with E-state index in [4.69, 9.17) is 5.73 Å². The minimum atomic E-state index is -0.325. The second kappa shape index (κ2) is 4.61. The molecule has 0 heterocycles. The van der Waals surface area contributed by atoms with Crippen molar-refractivity contribution in [2.45, 2.75) is 32.6 Å². The van der Waals surface area contributed by atoms with Gasteiger partial charge in [0, 0.05) is 17.9 Å². The molecule has 0 bridgehead atoms. The van der Waals surface area contributed by atoms with E-state index in [9.17, 15) is 4.79 Å². The van der Waals surface area contributed by atoms with Gasteiger partial charge in [-0.2, -0.15) is 0 Å². The fraction of sp³-hybridized carbons (Fsp3) is 0.533. The smallest absolute Gasteiger partial charge is 0.143 e. The van der Waals surface area contributed by atoms with Crippen molar-refractivity contribution < 1.29 is 4.79 Å². The molecule has 1 aromatic carbocycles. The van der Waals surface area contributed by atoms with Gasteiger partial charge in [-0.05, 0) is 24.3 Å². The number of rotatable bonds is 5. The highest BCUT2D eigenvalue weighted by Crippen LogP contribution is 2.51. The molecule has 0 aliphatic heterocycles. The summed E-state index contributed by atoms with van der Waals surface area (Å²) in [4.78, 5) is 12.4. The average molecular weight is 231 g/mol. The Hall–Kier alpha value is -1.15. The maximum Gasteiger partial charge on any atom is 0.143 e. The standard InChI is InChI=1S/C15H21NO/c1-3-15(2,10-16)14(17)13-9-12(13)11-7-5-4-6-8-11/h4-8,12-13H,3,9-10,16H2,1-2H3. The zero-order chi connectivity index (χ0) is 12.5. The van der Waals surface area contributed by atoms with Crippen molar-refractivity contribution >= 4 is 5.78 Å². The highest BCUT2D eigenvalue weighted by Gasteiger charge is 2.48. The van der Waals surface area contributed by atoms with Gasteiger partial charge in [0.2, 0.25) is 0 Å². The van der Waals surface area contributed by atoms with Crippen molar-refractivity contribution in [3.05, 3.63) is 35.9 Å². The number of hydrogen-bond donors (Lipinski definition) is 1. The lowest BCUT2D eigenvalue weighted by Gasteiger charge is -2.24. The first-order valence-corrected chi connectivity index (χ1v) is 6.41. The van der Waals surface area contributed by atoms with Crippen LogP contribution in [0.25, 0.3) is 0 Å². The summed E-state index contributed by atoms with van der Waals surface area (Å²) in [7, 11) is 0. The van der Waals surface area contributed by atoms with Crippen molar-refractivity contribution in [1.29, 1.82) is 0 Å². The maximum absolute atomic E-state index is 12.4. The van der Waals surface area contributed by atoms with Gasteiger partial charge in [-0.1, -0.05) is 44.2 Å². The van der Waals surface area contributed by atoms with Gasteiger partial charge in [-0.3, -0.25) is 4.79 Å². The molecule has 0 radical (unpaired) electrons. The molecule has 1 saturated carbocycles. The summed E-state index contributed by atoms with van der Waals surface area (Å²) in [6, 6.07) is 10.3. The molecule has 2 heteroatoms. The molecule has 1 aliphatic rings. The van der Waals surface area contributed by atoms with Gasteiger partial charge in [0.15, 0.2) is 0 Å². The molecule has 0 spiro atoms. The lowest BCUT2D eigenvalue weighted by atomic mass is 9.80. The van der Waals surface area contributed by atoms with E-state index >= 15 is 0 Å². The predicted octanol–water partition coefficient (Wildman–Crippen LogP) is 2.73. The van der Waals surface area contributed by atoms with Crippen molar-refractivity contribution in [3.63, 3.8) is 0 Å². The van der Waals surface area contributed by atoms with E-state index in [1.54, 1.807) is 0 Å². The molecule has 1 aromatic rings. The molecule has 17 heavy (non-hydrogen) atoms. The molecule has 3 atom stereocenters. The average Bonchev–Trinajstić information content (AvgIpc) is 3.18. The fourth-order valence-corrected chi connectivity index (χ4v) is 2.42. The Labute approximate surface area is 103 Å². The molecule has 3 unspecified atom stereocenters. The zero-order valence-electron chi connectivity index (χ0n) is 10.6. The van der Waals surface area contributed by atoms with Crippen molar-refractivity contribution in [2.24, 2.45) is 17.1 Å². The largest absolute Gasteiger partial charge is 0.329 e. The fourth-order valence-electron chi connectivity index (χ4n) is 2.42. The van der Waals surface area contributed by atoms with E-state index in [0.29, 0.717) is 18.2 Å². The summed E-state index contributed by atoms with van der Waals surface area (Å²) < 4.78 is 0. The summed E-state index contributed by atoms with van der Waals surface area (Å²) in [5.74, 6) is 0.989. The Morgan fingerprint density at radius 1 is 1.41 bits per heavy atom. The van der Waals surface area contributed by atoms with E-state index in [1.165, 1.54) is 5.56 Å². The third-order valence-electron chi connectivity index (χ3n) is 4.18. The number of ketones is 1. The van der Waals surface area contributed by atoms with Gasteiger partial charge in [-0.25, -0.2) is 0 Å². The molecule has 1 fully saturated rings. The van der Waals surface area contributed by atoms with E-state index in [-0.39, 0.29) is 11.3 Å². The monoisotopic (exact) mass is 231 g/mol. The van der Waals surface area contributed by atoms with E-state index in [2.05, 4.69) is 12.1 Å². The van der Waals surface area contributed by atoms with Crippen LogP contribution < -0.4 is 5.73 Å². The number of Topliss-reactive ketones (excluding diaryl/α,β-unsaturated/α-hetero) is 1. The zero-order valence-corrected chi connectivity index (χ0v) is 10.6. The third-order valence-corrected chi connectivity index (χ3v) is 4.18. The van der Waals surface area contributed by atoms with Crippen LogP contribution in [0.1, 0.15) is 38.2 Å². The van der Waals surface area contributed by atoms with E-state index in [1.807, 2.05) is 32.0 Å². The van der Waals surface area contributed by atoms with Gasteiger partial charge in [0.25, 0.3) is 0 Å². The van der Waals surface area contributed by atoms with Crippen molar-refractivity contribution in [1.82, 2.24) is 0 Å². The van der Waals surface area contributed by atoms with Gasteiger partial charge < -0.3 is 5.73 Å². The quantitative estimate of drug-likeness (QED) is 0.846. The molecule has 0 aromatic heterocycles. The molecule has 2 nitrogen and oxygen atoms in total. The predicted molar refractivity (Wildman–Crippen MR) is 69.7 cm³/mol. The minimum Gasteiger partial charge on any atom is -0.329 e. The van der Waals surface area contributed by atoms with Gasteiger partial charge in [0.1, 0.15) is 5.78 Å². The summed E-state index contributed by atoms with van der Waals surface area (Å²) in [5.41, 5.74) is 6.72. The third kappa shape index (κ3) is 2.27. The normalized spacial score (nSPS) is 26.3. The summed E-state index contributed by atoms with van der Waals surface area (Å²) in [5, 5.41) is 0. The number of benzene rings is 1. The molecule has 2 N–H and O–H groups in total. The number of nitrogens with two attached hydrogens (primary N) is 1. The number of hydrogen-bond acceptors (Lipinski definition) is 2. The Bertz CT molecular complexity index is 395. The number of carbonyl (C=O) groups excluding carboxylic acids is 1. The van der Waals surface area contributed by atoms with Crippen LogP contribution in [0.4, 0.5) is 0 Å². The van der Waals surface area contributed by atoms with Gasteiger partial charge >= 0.3 is 0 Å². The van der Waals surface area contributed by atoms with Crippen LogP contribution in [0.5, 0.6) is 0 Å². The van der Waals surface area contributed by atoms with Crippen molar-refractivity contribution in [2.75, 3.05) is 6.54 Å². The van der Waals surface area contributed by atoms with E-state index in [0.717, 1.165) is 12.8 Å². The molecular weight excluding hydrogens is 210 g/mol. The van der Waals surface area contributed by atoms with Gasteiger partial charge in [-0.15, -0.1) is 0 Å². The second-order valence-corrected chi connectivity index (χ2v) is 5.34. The van der Waals surface area contributed by atoms with Crippen LogP contribution in [0, 0.1) is 11.3 Å². The first-order chi connectivity index (χ1) is 8.12. The minimum absolute atomic E-state index is 0.200. The molecule has 0 saturated heterocycles. The molecule has 92 valence electrons. The maximum atomic E-state index is 12.4. The highest BCUT2D eigenvalue weighted by molar-refractivity contribution is 5.90. The molecular formula is C15H21NO. The second-order valence-electron chi connectivity index (χ2n) is 5.34. The summed E-state index contributed by atoms with van der Waals surface area (Å²) >= 11 is 0. The topological polar surface area (TPSA) is 43.1 Å². The van der Waals surface area contributed by atoms with Crippen LogP contribution in [-0.2, 0) is 4.79 Å². The Morgan fingerprint density at radius 3 is 2.59 bits per heavy atom. The van der Waals surface area contributed by atoms with Crippen LogP contribution in [0.15, 0.2) is 30.3 Å². The Kier molecular flexibility index (Phi) is 3.34. The van der Waals surface area contributed by atoms with Crippen LogP contribution >= 0.6 is 0 Å². The Morgan fingerprint density at radius 2 is 2.06 bits per heavy atom. The number of carbonyl (C=O) groups is 1. The van der Waals surface area contributed by atoms with Crippen LogP contribution in [0.3, 0.4) is 0 Å².